The maximum atomic E-state index is 5.24. The van der Waals surface area contributed by atoms with Crippen LogP contribution < -0.4 is 10.1 Å². The molecule has 2 aromatic rings. The molecule has 1 atom stereocenters. The largest absolute Gasteiger partial charge is 0.496 e. The Morgan fingerprint density at radius 2 is 2.06 bits per heavy atom. The van der Waals surface area contributed by atoms with E-state index in [4.69, 9.17) is 4.74 Å². The molecule has 0 saturated carbocycles. The van der Waals surface area contributed by atoms with Crippen molar-refractivity contribution in [2.45, 2.75) is 13.0 Å². The molecule has 1 N–H and O–H groups in total. The van der Waals surface area contributed by atoms with Crippen molar-refractivity contribution in [3.63, 3.8) is 0 Å². The highest BCUT2D eigenvalue weighted by atomic mass is 32.1. The lowest BCUT2D eigenvalue weighted by Gasteiger charge is -2.16. The van der Waals surface area contributed by atoms with E-state index in [0.29, 0.717) is 0 Å². The van der Waals surface area contributed by atoms with Crippen molar-refractivity contribution in [3.8, 4) is 5.75 Å². The number of hydrogen-bond acceptors (Lipinski definition) is 3. The summed E-state index contributed by atoms with van der Waals surface area (Å²) in [5, 5.41) is 5.55. The van der Waals surface area contributed by atoms with Gasteiger partial charge in [-0.2, -0.15) is 0 Å². The van der Waals surface area contributed by atoms with E-state index in [1.807, 2.05) is 11.4 Å². The van der Waals surface area contributed by atoms with Gasteiger partial charge in [0.1, 0.15) is 5.75 Å². The highest BCUT2D eigenvalue weighted by Gasteiger charge is 2.14. The molecule has 0 fully saturated rings. The van der Waals surface area contributed by atoms with Crippen LogP contribution in [-0.2, 0) is 0 Å². The van der Waals surface area contributed by atoms with Gasteiger partial charge in [-0.25, -0.2) is 0 Å². The smallest absolute Gasteiger partial charge is 0.129 e. The van der Waals surface area contributed by atoms with E-state index in [9.17, 15) is 0 Å². The maximum absolute atomic E-state index is 5.24. The molecule has 17 heavy (non-hydrogen) atoms. The molecule has 1 aromatic carbocycles. The van der Waals surface area contributed by atoms with E-state index in [0.717, 1.165) is 12.3 Å². The van der Waals surface area contributed by atoms with Crippen molar-refractivity contribution in [1.29, 1.82) is 0 Å². The van der Waals surface area contributed by atoms with Crippen LogP contribution in [-0.4, -0.2) is 13.7 Å². The molecule has 1 aromatic heterocycles. The lowest BCUT2D eigenvalue weighted by molar-refractivity contribution is 0.416. The summed E-state index contributed by atoms with van der Waals surface area (Å²) in [5.41, 5.74) is 1.29. The molecular formula is C14H17NOS. The minimum absolute atomic E-state index is 0.259. The Morgan fingerprint density at radius 1 is 1.29 bits per heavy atom. The minimum Gasteiger partial charge on any atom is -0.496 e. The first-order valence-electron chi connectivity index (χ1n) is 5.76. The summed E-state index contributed by atoms with van der Waals surface area (Å²) in [6, 6.07) is 12.9. The molecule has 0 radical (unpaired) electrons. The summed E-state index contributed by atoms with van der Waals surface area (Å²) < 4.78 is 5.24. The summed E-state index contributed by atoms with van der Waals surface area (Å²) in [6.45, 7) is 3.07. The number of ether oxygens (including phenoxy) is 1. The highest BCUT2D eigenvalue weighted by Crippen LogP contribution is 2.30. The van der Waals surface area contributed by atoms with Crippen LogP contribution in [0.2, 0.25) is 0 Å². The summed E-state index contributed by atoms with van der Waals surface area (Å²) >= 11 is 1.73. The molecular weight excluding hydrogens is 230 g/mol. The molecule has 0 amide bonds. The van der Waals surface area contributed by atoms with Gasteiger partial charge >= 0.3 is 0 Å². The molecule has 0 spiro atoms. The standard InChI is InChI=1S/C14H17NOS/c1-3-15-14(11-7-5-4-6-8-11)13-9-12(16-2)10-17-13/h4-10,14-15H,3H2,1-2H3. The molecule has 0 saturated heterocycles. The summed E-state index contributed by atoms with van der Waals surface area (Å²) in [7, 11) is 1.70. The number of hydrogen-bond donors (Lipinski definition) is 1. The Labute approximate surface area is 106 Å². The van der Waals surface area contributed by atoms with Crippen LogP contribution in [0, 0.1) is 0 Å². The molecule has 2 rings (SSSR count). The third kappa shape index (κ3) is 2.87. The number of methoxy groups -OCH3 is 1. The summed E-state index contributed by atoms with van der Waals surface area (Å²) in [4.78, 5) is 1.29. The zero-order valence-corrected chi connectivity index (χ0v) is 11.0. The fourth-order valence-electron chi connectivity index (χ4n) is 1.83. The van der Waals surface area contributed by atoms with Gasteiger partial charge in [0.25, 0.3) is 0 Å². The van der Waals surface area contributed by atoms with Gasteiger partial charge in [-0.1, -0.05) is 37.3 Å². The van der Waals surface area contributed by atoms with E-state index in [1.165, 1.54) is 10.4 Å². The van der Waals surface area contributed by atoms with Gasteiger partial charge in [-0.3, -0.25) is 0 Å². The van der Waals surface area contributed by atoms with E-state index in [1.54, 1.807) is 18.4 Å². The fraction of sp³-hybridized carbons (Fsp3) is 0.286. The summed E-state index contributed by atoms with van der Waals surface area (Å²) in [6.07, 6.45) is 0. The second kappa shape index (κ2) is 5.84. The normalized spacial score (nSPS) is 12.4. The number of benzene rings is 1. The molecule has 1 heterocycles. The first-order valence-corrected chi connectivity index (χ1v) is 6.64. The van der Waals surface area contributed by atoms with Gasteiger partial charge in [0.2, 0.25) is 0 Å². The molecule has 3 heteroatoms. The van der Waals surface area contributed by atoms with E-state index >= 15 is 0 Å². The van der Waals surface area contributed by atoms with Gasteiger partial charge in [-0.15, -0.1) is 11.3 Å². The molecule has 0 aliphatic carbocycles. The second-order valence-electron chi connectivity index (χ2n) is 3.79. The van der Waals surface area contributed by atoms with Crippen LogP contribution in [0.3, 0.4) is 0 Å². The van der Waals surface area contributed by atoms with Gasteiger partial charge in [-0.05, 0) is 18.2 Å². The third-order valence-corrected chi connectivity index (χ3v) is 3.63. The van der Waals surface area contributed by atoms with E-state index < -0.39 is 0 Å². The van der Waals surface area contributed by atoms with Crippen molar-refractivity contribution in [3.05, 3.63) is 52.2 Å². The van der Waals surface area contributed by atoms with Crippen molar-refractivity contribution < 1.29 is 4.74 Å². The van der Waals surface area contributed by atoms with Crippen LogP contribution in [0.25, 0.3) is 0 Å². The van der Waals surface area contributed by atoms with Crippen LogP contribution >= 0.6 is 11.3 Å². The predicted molar refractivity (Wildman–Crippen MR) is 72.8 cm³/mol. The van der Waals surface area contributed by atoms with Crippen molar-refractivity contribution in [1.82, 2.24) is 5.32 Å². The van der Waals surface area contributed by atoms with Gasteiger partial charge in [0, 0.05) is 10.3 Å². The zero-order chi connectivity index (χ0) is 12.1. The monoisotopic (exact) mass is 247 g/mol. The Balaban J connectivity index is 2.28. The molecule has 0 bridgehead atoms. The van der Waals surface area contributed by atoms with Crippen LogP contribution in [0.5, 0.6) is 5.75 Å². The first kappa shape index (κ1) is 12.1. The molecule has 0 aliphatic heterocycles. The van der Waals surface area contributed by atoms with Crippen LogP contribution in [0.4, 0.5) is 0 Å². The van der Waals surface area contributed by atoms with Gasteiger partial charge < -0.3 is 10.1 Å². The van der Waals surface area contributed by atoms with Crippen LogP contribution in [0.1, 0.15) is 23.4 Å². The van der Waals surface area contributed by atoms with Crippen molar-refractivity contribution >= 4 is 11.3 Å². The second-order valence-corrected chi connectivity index (χ2v) is 4.73. The van der Waals surface area contributed by atoms with Gasteiger partial charge in [0.05, 0.1) is 13.2 Å². The third-order valence-electron chi connectivity index (χ3n) is 2.66. The number of nitrogens with one attached hydrogen (secondary N) is 1. The van der Waals surface area contributed by atoms with Crippen molar-refractivity contribution in [2.24, 2.45) is 0 Å². The Hall–Kier alpha value is -1.32. The van der Waals surface area contributed by atoms with Crippen molar-refractivity contribution in [2.75, 3.05) is 13.7 Å². The molecule has 90 valence electrons. The molecule has 2 nitrogen and oxygen atoms in total. The van der Waals surface area contributed by atoms with Gasteiger partial charge in [0.15, 0.2) is 0 Å². The molecule has 1 unspecified atom stereocenters. The topological polar surface area (TPSA) is 21.3 Å². The van der Waals surface area contributed by atoms with E-state index in [2.05, 4.69) is 42.6 Å². The SMILES string of the molecule is CCNC(c1ccccc1)c1cc(OC)cs1. The lowest BCUT2D eigenvalue weighted by Crippen LogP contribution is -2.20. The maximum Gasteiger partial charge on any atom is 0.129 e. The zero-order valence-electron chi connectivity index (χ0n) is 10.1. The Bertz CT molecular complexity index is 452. The predicted octanol–water partition coefficient (Wildman–Crippen LogP) is 3.46. The lowest BCUT2D eigenvalue weighted by atomic mass is 10.1. The number of rotatable bonds is 5. The average molecular weight is 247 g/mol. The number of thiophene rings is 1. The average Bonchev–Trinajstić information content (AvgIpc) is 2.85. The minimum atomic E-state index is 0.259. The Morgan fingerprint density at radius 3 is 2.65 bits per heavy atom. The van der Waals surface area contributed by atoms with Crippen LogP contribution in [0.15, 0.2) is 41.8 Å². The Kier molecular flexibility index (Phi) is 4.18. The highest BCUT2D eigenvalue weighted by molar-refractivity contribution is 7.10. The summed E-state index contributed by atoms with van der Waals surface area (Å²) in [5.74, 6) is 0.934. The first-order chi connectivity index (χ1) is 8.35. The van der Waals surface area contributed by atoms with E-state index in [-0.39, 0.29) is 6.04 Å². The molecule has 0 aliphatic rings. The quantitative estimate of drug-likeness (QED) is 0.873. The fourth-order valence-corrected chi connectivity index (χ4v) is 2.78.